The topological polar surface area (TPSA) is 97.9 Å². The van der Waals surface area contributed by atoms with Crippen LogP contribution >= 0.6 is 0 Å². The van der Waals surface area contributed by atoms with Gasteiger partial charge in [0, 0.05) is 37.3 Å². The van der Waals surface area contributed by atoms with Gasteiger partial charge in [0.15, 0.2) is 5.78 Å². The van der Waals surface area contributed by atoms with E-state index in [4.69, 9.17) is 9.15 Å². The Morgan fingerprint density at radius 2 is 1.96 bits per heavy atom. The first-order valence-corrected chi connectivity index (χ1v) is 8.49. The van der Waals surface area contributed by atoms with Gasteiger partial charge in [0.2, 0.25) is 0 Å². The fourth-order valence-corrected chi connectivity index (χ4v) is 2.97. The van der Waals surface area contributed by atoms with Crippen molar-refractivity contribution < 1.29 is 18.9 Å². The van der Waals surface area contributed by atoms with Gasteiger partial charge in [0.05, 0.1) is 37.0 Å². The molecular formula is C18H21N3O5. The Morgan fingerprint density at radius 1 is 1.23 bits per heavy atom. The van der Waals surface area contributed by atoms with E-state index in [0.29, 0.717) is 25.3 Å². The number of carbonyl (C=O) groups is 1. The van der Waals surface area contributed by atoms with Crippen LogP contribution in [0.5, 0.6) is 0 Å². The standard InChI is InChI=1S/C18H21N3O5/c22-17(14-3-5-15(6-4-14)21(23)24)13-19-12-16(18-2-1-9-26-18)20-7-10-25-11-8-20/h1-6,9,16,19H,7-8,10-13H2. The normalized spacial score (nSPS) is 16.3. The van der Waals surface area contributed by atoms with Crippen molar-refractivity contribution in [1.82, 2.24) is 10.2 Å². The number of morpholine rings is 1. The summed E-state index contributed by atoms with van der Waals surface area (Å²) < 4.78 is 11.0. The Balaban J connectivity index is 1.57. The van der Waals surface area contributed by atoms with Gasteiger partial charge in [-0.1, -0.05) is 0 Å². The van der Waals surface area contributed by atoms with Crippen molar-refractivity contribution in [3.8, 4) is 0 Å². The van der Waals surface area contributed by atoms with Crippen LogP contribution < -0.4 is 5.32 Å². The fraction of sp³-hybridized carbons (Fsp3) is 0.389. The number of carbonyl (C=O) groups excluding carboxylic acids is 1. The number of Topliss-reactive ketones (excluding diaryl/α,β-unsaturated/α-hetero) is 1. The highest BCUT2D eigenvalue weighted by Crippen LogP contribution is 2.21. The van der Waals surface area contributed by atoms with Crippen molar-refractivity contribution in [1.29, 1.82) is 0 Å². The lowest BCUT2D eigenvalue weighted by atomic mass is 10.1. The lowest BCUT2D eigenvalue weighted by Crippen LogP contribution is -2.43. The van der Waals surface area contributed by atoms with Crippen molar-refractivity contribution in [2.45, 2.75) is 6.04 Å². The molecule has 0 spiro atoms. The minimum atomic E-state index is -0.483. The van der Waals surface area contributed by atoms with E-state index in [-0.39, 0.29) is 24.1 Å². The minimum Gasteiger partial charge on any atom is -0.468 e. The molecule has 1 fully saturated rings. The summed E-state index contributed by atoms with van der Waals surface area (Å²) in [5.41, 5.74) is 0.420. The Kier molecular flexibility index (Phi) is 6.11. The second-order valence-corrected chi connectivity index (χ2v) is 6.04. The molecule has 0 saturated carbocycles. The molecule has 1 unspecified atom stereocenters. The highest BCUT2D eigenvalue weighted by Gasteiger charge is 2.24. The molecule has 0 bridgehead atoms. The van der Waals surface area contributed by atoms with Crippen LogP contribution in [0.15, 0.2) is 47.1 Å². The van der Waals surface area contributed by atoms with Crippen LogP contribution in [0.4, 0.5) is 5.69 Å². The first-order chi connectivity index (χ1) is 12.6. The zero-order valence-electron chi connectivity index (χ0n) is 14.3. The average Bonchev–Trinajstić information content (AvgIpc) is 3.20. The van der Waals surface area contributed by atoms with Crippen LogP contribution in [0.25, 0.3) is 0 Å². The Bertz CT molecular complexity index is 724. The first kappa shape index (κ1) is 18.2. The number of ketones is 1. The van der Waals surface area contributed by atoms with Crippen LogP contribution in [0.1, 0.15) is 22.2 Å². The molecule has 1 aliphatic heterocycles. The maximum Gasteiger partial charge on any atom is 0.269 e. The molecule has 26 heavy (non-hydrogen) atoms. The number of furan rings is 1. The smallest absolute Gasteiger partial charge is 0.269 e. The van der Waals surface area contributed by atoms with Crippen LogP contribution in [0.3, 0.4) is 0 Å². The molecule has 1 N–H and O–H groups in total. The van der Waals surface area contributed by atoms with Gasteiger partial charge in [0.25, 0.3) is 5.69 Å². The molecule has 0 amide bonds. The van der Waals surface area contributed by atoms with Gasteiger partial charge in [-0.2, -0.15) is 0 Å². The van der Waals surface area contributed by atoms with Gasteiger partial charge in [0.1, 0.15) is 5.76 Å². The predicted octanol–water partition coefficient (Wildman–Crippen LogP) is 2.03. The Morgan fingerprint density at radius 3 is 2.58 bits per heavy atom. The maximum absolute atomic E-state index is 12.3. The second kappa shape index (κ2) is 8.70. The van der Waals surface area contributed by atoms with Crippen molar-refractivity contribution in [2.75, 3.05) is 39.4 Å². The van der Waals surface area contributed by atoms with Crippen molar-refractivity contribution >= 4 is 11.5 Å². The quantitative estimate of drug-likeness (QED) is 0.437. The third-order valence-electron chi connectivity index (χ3n) is 4.38. The number of hydrogen-bond donors (Lipinski definition) is 1. The molecule has 2 heterocycles. The van der Waals surface area contributed by atoms with Crippen LogP contribution in [0, 0.1) is 10.1 Å². The van der Waals surface area contributed by atoms with E-state index in [1.807, 2.05) is 12.1 Å². The van der Waals surface area contributed by atoms with Gasteiger partial charge < -0.3 is 14.5 Å². The number of benzene rings is 1. The number of ether oxygens (including phenoxy) is 1. The number of nitrogens with one attached hydrogen (secondary N) is 1. The monoisotopic (exact) mass is 359 g/mol. The summed E-state index contributed by atoms with van der Waals surface area (Å²) in [6.07, 6.45) is 1.64. The molecule has 1 atom stereocenters. The highest BCUT2D eigenvalue weighted by molar-refractivity contribution is 5.97. The molecule has 2 aromatic rings. The molecule has 1 aromatic heterocycles. The molecule has 3 rings (SSSR count). The number of nitro groups is 1. The minimum absolute atomic E-state index is 0.0264. The summed E-state index contributed by atoms with van der Waals surface area (Å²) >= 11 is 0. The third-order valence-corrected chi connectivity index (χ3v) is 4.38. The number of nitrogens with zero attached hydrogens (tertiary/aromatic N) is 2. The van der Waals surface area contributed by atoms with Crippen molar-refractivity contribution in [2.24, 2.45) is 0 Å². The number of nitro benzene ring substituents is 1. The SMILES string of the molecule is O=C(CNCC(c1ccco1)N1CCOCC1)c1ccc([N+](=O)[O-])cc1. The molecular weight excluding hydrogens is 338 g/mol. The summed E-state index contributed by atoms with van der Waals surface area (Å²) in [6, 6.07) is 9.45. The molecule has 1 aliphatic rings. The summed E-state index contributed by atoms with van der Waals surface area (Å²) in [5.74, 6) is 0.738. The van der Waals surface area contributed by atoms with E-state index in [2.05, 4.69) is 10.2 Å². The molecule has 0 radical (unpaired) electrons. The molecule has 8 heteroatoms. The third kappa shape index (κ3) is 4.54. The van der Waals surface area contributed by atoms with Gasteiger partial charge in [-0.3, -0.25) is 19.8 Å². The van der Waals surface area contributed by atoms with E-state index in [9.17, 15) is 14.9 Å². The zero-order chi connectivity index (χ0) is 18.4. The molecule has 1 saturated heterocycles. The largest absolute Gasteiger partial charge is 0.468 e. The predicted molar refractivity (Wildman–Crippen MR) is 94.1 cm³/mol. The molecule has 0 aliphatic carbocycles. The highest BCUT2D eigenvalue weighted by atomic mass is 16.6. The fourth-order valence-electron chi connectivity index (χ4n) is 2.97. The second-order valence-electron chi connectivity index (χ2n) is 6.04. The summed E-state index contributed by atoms with van der Waals surface area (Å²) in [5, 5.41) is 13.9. The zero-order valence-corrected chi connectivity index (χ0v) is 14.3. The van der Waals surface area contributed by atoms with Crippen molar-refractivity contribution in [3.05, 3.63) is 64.1 Å². The van der Waals surface area contributed by atoms with Gasteiger partial charge in [-0.25, -0.2) is 0 Å². The van der Waals surface area contributed by atoms with Gasteiger partial charge >= 0.3 is 0 Å². The van der Waals surface area contributed by atoms with E-state index in [0.717, 1.165) is 18.8 Å². The molecule has 138 valence electrons. The Hall–Kier alpha value is -2.55. The van der Waals surface area contributed by atoms with Crippen LogP contribution in [-0.4, -0.2) is 55.0 Å². The van der Waals surface area contributed by atoms with Gasteiger partial charge in [-0.15, -0.1) is 0 Å². The summed E-state index contributed by atoms with van der Waals surface area (Å²) in [7, 11) is 0. The number of hydrogen-bond acceptors (Lipinski definition) is 7. The molecule has 8 nitrogen and oxygen atoms in total. The maximum atomic E-state index is 12.3. The van der Waals surface area contributed by atoms with E-state index in [1.54, 1.807) is 6.26 Å². The van der Waals surface area contributed by atoms with E-state index in [1.165, 1.54) is 24.3 Å². The summed E-state index contributed by atoms with van der Waals surface area (Å²) in [6.45, 7) is 3.69. The summed E-state index contributed by atoms with van der Waals surface area (Å²) in [4.78, 5) is 24.7. The van der Waals surface area contributed by atoms with Crippen molar-refractivity contribution in [3.63, 3.8) is 0 Å². The van der Waals surface area contributed by atoms with Gasteiger partial charge in [-0.05, 0) is 24.3 Å². The van der Waals surface area contributed by atoms with E-state index < -0.39 is 4.92 Å². The lowest BCUT2D eigenvalue weighted by molar-refractivity contribution is -0.384. The Labute approximate surface area is 150 Å². The average molecular weight is 359 g/mol. The lowest BCUT2D eigenvalue weighted by Gasteiger charge is -2.33. The van der Waals surface area contributed by atoms with Crippen LogP contribution in [0.2, 0.25) is 0 Å². The van der Waals surface area contributed by atoms with E-state index >= 15 is 0 Å². The molecule has 1 aromatic carbocycles. The van der Waals surface area contributed by atoms with Crippen LogP contribution in [-0.2, 0) is 4.74 Å². The number of non-ortho nitro benzene ring substituents is 1. The number of rotatable bonds is 8. The first-order valence-electron chi connectivity index (χ1n) is 8.49.